The number of anilines is 2. The predicted octanol–water partition coefficient (Wildman–Crippen LogP) is 2.27. The highest BCUT2D eigenvalue weighted by Gasteiger charge is 2.11. The number of aromatic amines is 1. The molecule has 2 heterocycles. The molecule has 0 aliphatic carbocycles. The molecular weight excluding hydrogens is 162 g/mol. The summed E-state index contributed by atoms with van der Waals surface area (Å²) < 4.78 is 0. The van der Waals surface area contributed by atoms with Gasteiger partial charge in [-0.3, -0.25) is 0 Å². The van der Waals surface area contributed by atoms with Gasteiger partial charge in [-0.1, -0.05) is 0 Å². The van der Waals surface area contributed by atoms with Gasteiger partial charge in [-0.15, -0.1) is 0 Å². The summed E-state index contributed by atoms with van der Waals surface area (Å²) in [5, 5.41) is 7.86. The minimum Gasteiger partial charge on any atom is -0.366 e. The first kappa shape index (κ1) is 6.83. The smallest absolute Gasteiger partial charge is 0.0850 e. The molecule has 13 heavy (non-hydrogen) atoms. The van der Waals surface area contributed by atoms with Crippen molar-refractivity contribution in [2.45, 2.75) is 6.92 Å². The Hall–Kier alpha value is -1.64. The van der Waals surface area contributed by atoms with Gasteiger partial charge < -0.3 is 15.6 Å². The third kappa shape index (κ3) is 0.840. The second kappa shape index (κ2) is 2.19. The third-order valence-corrected chi connectivity index (χ3v) is 2.58. The fourth-order valence-corrected chi connectivity index (χ4v) is 1.84. The molecule has 0 saturated carbocycles. The van der Waals surface area contributed by atoms with Gasteiger partial charge in [0.1, 0.15) is 0 Å². The molecule has 1 aromatic carbocycles. The van der Waals surface area contributed by atoms with Crippen LogP contribution in [-0.2, 0) is 0 Å². The fourth-order valence-electron chi connectivity index (χ4n) is 1.84. The maximum atomic E-state index is 3.28. The van der Waals surface area contributed by atoms with Gasteiger partial charge in [-0.2, -0.15) is 0 Å². The number of hydrogen-bond donors (Lipinski definition) is 3. The van der Waals surface area contributed by atoms with Crippen molar-refractivity contribution in [2.75, 3.05) is 17.3 Å². The second-order valence-electron chi connectivity index (χ2n) is 3.45. The van der Waals surface area contributed by atoms with Crippen LogP contribution < -0.4 is 10.6 Å². The van der Waals surface area contributed by atoms with Crippen molar-refractivity contribution >= 4 is 22.3 Å². The molecule has 0 radical (unpaired) electrons. The quantitative estimate of drug-likeness (QED) is 0.572. The second-order valence-corrected chi connectivity index (χ2v) is 3.45. The van der Waals surface area contributed by atoms with Crippen LogP contribution in [0.3, 0.4) is 0 Å². The van der Waals surface area contributed by atoms with Gasteiger partial charge in [-0.25, -0.2) is 0 Å². The first-order valence-electron chi connectivity index (χ1n) is 4.44. The van der Waals surface area contributed by atoms with Gasteiger partial charge >= 0.3 is 0 Å². The van der Waals surface area contributed by atoms with Gasteiger partial charge in [-0.05, 0) is 24.6 Å². The Morgan fingerprint density at radius 3 is 2.77 bits per heavy atom. The van der Waals surface area contributed by atoms with E-state index in [0.29, 0.717) is 0 Å². The van der Waals surface area contributed by atoms with Gasteiger partial charge in [0.15, 0.2) is 0 Å². The summed E-state index contributed by atoms with van der Waals surface area (Å²) in [6.45, 7) is 2.95. The lowest BCUT2D eigenvalue weighted by Gasteiger charge is -1.99. The Morgan fingerprint density at radius 1 is 1.15 bits per heavy atom. The van der Waals surface area contributed by atoms with Crippen LogP contribution in [0.4, 0.5) is 11.4 Å². The molecule has 0 atom stereocenters. The molecule has 66 valence electrons. The zero-order chi connectivity index (χ0) is 8.84. The molecule has 0 amide bonds. The highest BCUT2D eigenvalue weighted by molar-refractivity contribution is 5.93. The SMILES string of the molecule is Cc1c[nH]c2cc3c(cc12)NCN3. The van der Waals surface area contributed by atoms with E-state index in [1.807, 2.05) is 6.20 Å². The summed E-state index contributed by atoms with van der Waals surface area (Å²) in [4.78, 5) is 3.25. The number of nitrogens with one attached hydrogen (secondary N) is 3. The largest absolute Gasteiger partial charge is 0.366 e. The normalized spacial score (nSPS) is 13.9. The Balaban J connectivity index is 2.38. The average Bonchev–Trinajstić information content (AvgIpc) is 2.70. The molecule has 0 fully saturated rings. The molecule has 1 aliphatic heterocycles. The van der Waals surface area contributed by atoms with Crippen molar-refractivity contribution in [1.82, 2.24) is 4.98 Å². The maximum Gasteiger partial charge on any atom is 0.0850 e. The maximum absolute atomic E-state index is 3.28. The summed E-state index contributed by atoms with van der Waals surface area (Å²) in [6, 6.07) is 4.34. The molecule has 3 N–H and O–H groups in total. The van der Waals surface area contributed by atoms with Crippen LogP contribution >= 0.6 is 0 Å². The lowest BCUT2D eigenvalue weighted by molar-refractivity contribution is 1.31. The average molecular weight is 173 g/mol. The van der Waals surface area contributed by atoms with Crippen LogP contribution in [0.15, 0.2) is 18.3 Å². The van der Waals surface area contributed by atoms with Gasteiger partial charge in [0.05, 0.1) is 18.0 Å². The number of hydrogen-bond acceptors (Lipinski definition) is 2. The zero-order valence-corrected chi connectivity index (χ0v) is 7.44. The summed E-state index contributed by atoms with van der Waals surface area (Å²) in [7, 11) is 0. The van der Waals surface area contributed by atoms with Gasteiger partial charge in [0, 0.05) is 17.1 Å². The number of fused-ring (bicyclic) bond motifs is 2. The first-order chi connectivity index (χ1) is 6.34. The van der Waals surface area contributed by atoms with Crippen LogP contribution in [0.5, 0.6) is 0 Å². The molecule has 0 saturated heterocycles. The Bertz CT molecular complexity index is 470. The highest BCUT2D eigenvalue weighted by atomic mass is 15.1. The minimum atomic E-state index is 0.834. The van der Waals surface area contributed by atoms with Crippen LogP contribution in [0.2, 0.25) is 0 Å². The molecule has 3 nitrogen and oxygen atoms in total. The monoisotopic (exact) mass is 173 g/mol. The van der Waals surface area contributed by atoms with E-state index in [1.165, 1.54) is 27.8 Å². The van der Waals surface area contributed by atoms with E-state index in [1.54, 1.807) is 0 Å². The van der Waals surface area contributed by atoms with E-state index in [9.17, 15) is 0 Å². The van der Waals surface area contributed by atoms with E-state index < -0.39 is 0 Å². The van der Waals surface area contributed by atoms with Crippen molar-refractivity contribution in [3.05, 3.63) is 23.9 Å². The van der Waals surface area contributed by atoms with E-state index in [2.05, 4.69) is 34.7 Å². The molecule has 0 unspecified atom stereocenters. The number of H-pyrrole nitrogens is 1. The van der Waals surface area contributed by atoms with E-state index in [0.717, 1.165) is 6.67 Å². The zero-order valence-electron chi connectivity index (χ0n) is 7.44. The molecule has 1 aromatic heterocycles. The van der Waals surface area contributed by atoms with Crippen molar-refractivity contribution in [3.8, 4) is 0 Å². The van der Waals surface area contributed by atoms with Crippen LogP contribution in [0.1, 0.15) is 5.56 Å². The Kier molecular flexibility index (Phi) is 1.15. The van der Waals surface area contributed by atoms with E-state index >= 15 is 0 Å². The summed E-state index contributed by atoms with van der Waals surface area (Å²) in [5.41, 5.74) is 4.89. The molecular formula is C10H11N3. The fraction of sp³-hybridized carbons (Fsp3) is 0.200. The molecule has 2 aromatic rings. The third-order valence-electron chi connectivity index (χ3n) is 2.58. The van der Waals surface area contributed by atoms with Crippen molar-refractivity contribution in [2.24, 2.45) is 0 Å². The predicted molar refractivity (Wildman–Crippen MR) is 55.1 cm³/mol. The number of aryl methyl sites for hydroxylation is 1. The summed E-state index contributed by atoms with van der Waals surface area (Å²) >= 11 is 0. The number of benzene rings is 1. The highest BCUT2D eigenvalue weighted by Crippen LogP contribution is 2.32. The molecule has 0 bridgehead atoms. The van der Waals surface area contributed by atoms with Gasteiger partial charge in [0.2, 0.25) is 0 Å². The van der Waals surface area contributed by atoms with Crippen LogP contribution in [-0.4, -0.2) is 11.7 Å². The lowest BCUT2D eigenvalue weighted by Crippen LogP contribution is -1.98. The topological polar surface area (TPSA) is 39.9 Å². The standard InChI is InChI=1S/C10H11N3/c1-6-4-11-8-3-10-9(2-7(6)8)12-5-13-10/h2-4,11-13H,5H2,1H3. The van der Waals surface area contributed by atoms with Crippen LogP contribution in [0.25, 0.3) is 10.9 Å². The number of rotatable bonds is 0. The van der Waals surface area contributed by atoms with E-state index in [-0.39, 0.29) is 0 Å². The molecule has 3 heteroatoms. The lowest BCUT2D eigenvalue weighted by atomic mass is 10.1. The van der Waals surface area contributed by atoms with Crippen molar-refractivity contribution < 1.29 is 0 Å². The molecule has 1 aliphatic rings. The Morgan fingerprint density at radius 2 is 1.92 bits per heavy atom. The van der Waals surface area contributed by atoms with Crippen molar-refractivity contribution in [3.63, 3.8) is 0 Å². The first-order valence-corrected chi connectivity index (χ1v) is 4.44. The van der Waals surface area contributed by atoms with Gasteiger partial charge in [0.25, 0.3) is 0 Å². The number of aromatic nitrogens is 1. The van der Waals surface area contributed by atoms with Crippen molar-refractivity contribution in [1.29, 1.82) is 0 Å². The molecule has 0 spiro atoms. The molecule has 3 rings (SSSR count). The summed E-state index contributed by atoms with van der Waals surface area (Å²) in [6.07, 6.45) is 2.04. The van der Waals surface area contributed by atoms with Crippen LogP contribution in [0, 0.1) is 6.92 Å². The Labute approximate surface area is 76.1 Å². The van der Waals surface area contributed by atoms with E-state index in [4.69, 9.17) is 0 Å². The minimum absolute atomic E-state index is 0.834. The summed E-state index contributed by atoms with van der Waals surface area (Å²) in [5.74, 6) is 0.